The van der Waals surface area contributed by atoms with Crippen LogP contribution in [0.2, 0.25) is 10.0 Å². The Bertz CT molecular complexity index is 1020. The zero-order valence-corrected chi connectivity index (χ0v) is 17.0. The van der Waals surface area contributed by atoms with Gasteiger partial charge in [-0.2, -0.15) is 0 Å². The average Bonchev–Trinajstić information content (AvgIpc) is 2.71. The van der Waals surface area contributed by atoms with E-state index in [0.29, 0.717) is 33.7 Å². The van der Waals surface area contributed by atoms with E-state index in [4.69, 9.17) is 23.2 Å². The second-order valence-corrected chi connectivity index (χ2v) is 7.06. The smallest absolute Gasteiger partial charge is 0.258 e. The van der Waals surface area contributed by atoms with E-state index in [1.54, 1.807) is 36.4 Å². The lowest BCUT2D eigenvalue weighted by Crippen LogP contribution is -2.18. The predicted molar refractivity (Wildman–Crippen MR) is 116 cm³/mol. The van der Waals surface area contributed by atoms with E-state index >= 15 is 0 Å². The van der Waals surface area contributed by atoms with E-state index < -0.39 is 5.91 Å². The second kappa shape index (κ2) is 9.52. The van der Waals surface area contributed by atoms with Gasteiger partial charge in [-0.1, -0.05) is 35.3 Å². The minimum Gasteiger partial charge on any atom is -0.321 e. The number of carbonyl (C=O) groups is 2. The molecule has 0 fully saturated rings. The molecule has 0 radical (unpaired) electrons. The summed E-state index contributed by atoms with van der Waals surface area (Å²) in [6, 6.07) is 15.1. The number of hydrogen-bond donors (Lipinski definition) is 3. The zero-order valence-electron chi connectivity index (χ0n) is 15.5. The van der Waals surface area contributed by atoms with Crippen molar-refractivity contribution in [2.24, 2.45) is 0 Å². The summed E-state index contributed by atoms with van der Waals surface area (Å²) in [5, 5.41) is 9.31. The molecule has 0 bridgehead atoms. The van der Waals surface area contributed by atoms with Crippen LogP contribution in [0.1, 0.15) is 26.3 Å². The third kappa shape index (κ3) is 5.54. The highest BCUT2D eigenvalue weighted by atomic mass is 35.5. The Morgan fingerprint density at radius 1 is 0.897 bits per heavy atom. The first kappa shape index (κ1) is 20.8. The Kier molecular flexibility index (Phi) is 6.82. The molecular formula is C21H18Cl2N4O2. The predicted octanol–water partition coefficient (Wildman–Crippen LogP) is 4.61. The fourth-order valence-electron chi connectivity index (χ4n) is 2.62. The van der Waals surface area contributed by atoms with Crippen molar-refractivity contribution >= 4 is 46.5 Å². The molecule has 0 aliphatic rings. The molecule has 1 heterocycles. The summed E-state index contributed by atoms with van der Waals surface area (Å²) >= 11 is 11.9. The molecule has 0 unspecified atom stereocenters. The number of benzene rings is 2. The number of amides is 2. The first-order valence-electron chi connectivity index (χ1n) is 8.73. The molecular weight excluding hydrogens is 411 g/mol. The molecule has 6 nitrogen and oxygen atoms in total. The molecule has 8 heteroatoms. The van der Waals surface area contributed by atoms with Crippen LogP contribution in [0.3, 0.4) is 0 Å². The maximum absolute atomic E-state index is 12.7. The highest BCUT2D eigenvalue weighted by Crippen LogP contribution is 2.23. The summed E-state index contributed by atoms with van der Waals surface area (Å²) in [5.74, 6) is -0.458. The number of anilines is 2. The van der Waals surface area contributed by atoms with Crippen molar-refractivity contribution in [3.05, 3.63) is 87.5 Å². The van der Waals surface area contributed by atoms with Crippen LogP contribution in [0.25, 0.3) is 0 Å². The number of aromatic nitrogens is 1. The molecule has 29 heavy (non-hydrogen) atoms. The Labute approximate surface area is 178 Å². The number of rotatable bonds is 6. The fraction of sp³-hybridized carbons (Fsp3) is 0.0952. The molecule has 3 N–H and O–H groups in total. The van der Waals surface area contributed by atoms with E-state index in [9.17, 15) is 9.59 Å². The number of hydrogen-bond acceptors (Lipinski definition) is 4. The Hall–Kier alpha value is -2.93. The summed E-state index contributed by atoms with van der Waals surface area (Å²) in [4.78, 5) is 29.4. The summed E-state index contributed by atoms with van der Waals surface area (Å²) in [6.45, 7) is 0.710. The lowest BCUT2D eigenvalue weighted by atomic mass is 10.1. The summed E-state index contributed by atoms with van der Waals surface area (Å²) in [7, 11) is 1.85. The molecule has 1 aromatic heterocycles. The molecule has 148 valence electrons. The molecule has 3 aromatic rings. The lowest BCUT2D eigenvalue weighted by Gasteiger charge is -2.12. The van der Waals surface area contributed by atoms with Crippen molar-refractivity contribution in [3.8, 4) is 0 Å². The van der Waals surface area contributed by atoms with Gasteiger partial charge < -0.3 is 16.0 Å². The van der Waals surface area contributed by atoms with Gasteiger partial charge in [-0.25, -0.2) is 4.98 Å². The molecule has 0 atom stereocenters. The van der Waals surface area contributed by atoms with Crippen molar-refractivity contribution in [1.29, 1.82) is 0 Å². The molecule has 0 spiro atoms. The number of nitrogens with zero attached hydrogens (tertiary/aromatic N) is 1. The minimum atomic E-state index is -0.456. The van der Waals surface area contributed by atoms with Crippen molar-refractivity contribution in [3.63, 3.8) is 0 Å². The van der Waals surface area contributed by atoms with Crippen LogP contribution >= 0.6 is 23.2 Å². The van der Waals surface area contributed by atoms with Gasteiger partial charge in [0.1, 0.15) is 5.82 Å². The summed E-state index contributed by atoms with van der Waals surface area (Å²) < 4.78 is 0. The first-order valence-corrected chi connectivity index (χ1v) is 9.49. The van der Waals surface area contributed by atoms with Crippen molar-refractivity contribution in [2.45, 2.75) is 6.54 Å². The SMILES string of the molecule is CNCc1ccc(C(=O)Nc2ccc(Cl)cc2C(=O)Nc2ccc(Cl)cn2)cc1. The van der Waals surface area contributed by atoms with E-state index in [1.807, 2.05) is 19.2 Å². The van der Waals surface area contributed by atoms with E-state index in [2.05, 4.69) is 20.9 Å². The fourth-order valence-corrected chi connectivity index (χ4v) is 2.90. The van der Waals surface area contributed by atoms with E-state index in [1.165, 1.54) is 12.3 Å². The van der Waals surface area contributed by atoms with Crippen LogP contribution in [-0.2, 0) is 6.54 Å². The minimum absolute atomic E-state index is 0.217. The molecule has 0 aliphatic heterocycles. The zero-order chi connectivity index (χ0) is 20.8. The Balaban J connectivity index is 1.79. The van der Waals surface area contributed by atoms with Gasteiger partial charge in [0.15, 0.2) is 0 Å². The number of nitrogens with one attached hydrogen (secondary N) is 3. The molecule has 0 aliphatic carbocycles. The number of carbonyl (C=O) groups excluding carboxylic acids is 2. The van der Waals surface area contributed by atoms with Crippen molar-refractivity contribution in [1.82, 2.24) is 10.3 Å². The standard InChI is InChI=1S/C21H18Cl2N4O2/c1-24-11-13-2-4-14(5-3-13)20(28)26-18-8-6-15(22)10-17(18)21(29)27-19-9-7-16(23)12-25-19/h2-10,12,24H,11H2,1H3,(H,26,28)(H,25,27,29). The van der Waals surface area contributed by atoms with Crippen LogP contribution in [-0.4, -0.2) is 23.8 Å². The maximum atomic E-state index is 12.7. The van der Waals surface area contributed by atoms with Gasteiger partial charge in [0.2, 0.25) is 0 Å². The van der Waals surface area contributed by atoms with Gasteiger partial charge in [0, 0.05) is 23.3 Å². The van der Waals surface area contributed by atoms with Crippen LogP contribution in [0.4, 0.5) is 11.5 Å². The first-order chi connectivity index (χ1) is 14.0. The quantitative estimate of drug-likeness (QED) is 0.534. The lowest BCUT2D eigenvalue weighted by molar-refractivity contribution is 0.102. The van der Waals surface area contributed by atoms with Crippen LogP contribution < -0.4 is 16.0 Å². The third-order valence-corrected chi connectivity index (χ3v) is 4.50. The average molecular weight is 429 g/mol. The highest BCUT2D eigenvalue weighted by molar-refractivity contribution is 6.31. The third-order valence-electron chi connectivity index (χ3n) is 4.04. The van der Waals surface area contributed by atoms with Crippen LogP contribution in [0, 0.1) is 0 Å². The normalized spacial score (nSPS) is 10.4. The summed E-state index contributed by atoms with van der Waals surface area (Å²) in [6.07, 6.45) is 1.43. The van der Waals surface area contributed by atoms with E-state index in [-0.39, 0.29) is 11.5 Å². The Morgan fingerprint density at radius 2 is 1.62 bits per heavy atom. The number of halogens is 2. The van der Waals surface area contributed by atoms with Gasteiger partial charge in [-0.15, -0.1) is 0 Å². The van der Waals surface area contributed by atoms with Crippen LogP contribution in [0.15, 0.2) is 60.8 Å². The van der Waals surface area contributed by atoms with Gasteiger partial charge in [-0.05, 0) is 55.1 Å². The van der Waals surface area contributed by atoms with Gasteiger partial charge in [0.25, 0.3) is 11.8 Å². The Morgan fingerprint density at radius 3 is 2.28 bits per heavy atom. The molecule has 2 amide bonds. The van der Waals surface area contributed by atoms with Gasteiger partial charge >= 0.3 is 0 Å². The maximum Gasteiger partial charge on any atom is 0.258 e. The van der Waals surface area contributed by atoms with Crippen molar-refractivity contribution < 1.29 is 9.59 Å². The number of pyridine rings is 1. The monoisotopic (exact) mass is 428 g/mol. The van der Waals surface area contributed by atoms with E-state index in [0.717, 1.165) is 5.56 Å². The topological polar surface area (TPSA) is 83.1 Å². The second-order valence-electron chi connectivity index (χ2n) is 6.19. The molecule has 0 saturated heterocycles. The van der Waals surface area contributed by atoms with Crippen molar-refractivity contribution in [2.75, 3.05) is 17.7 Å². The summed E-state index contributed by atoms with van der Waals surface area (Å²) in [5.41, 5.74) is 2.09. The molecule has 3 rings (SSSR count). The highest BCUT2D eigenvalue weighted by Gasteiger charge is 2.16. The van der Waals surface area contributed by atoms with Gasteiger partial charge in [0.05, 0.1) is 16.3 Å². The van der Waals surface area contributed by atoms with Gasteiger partial charge in [-0.3, -0.25) is 9.59 Å². The largest absolute Gasteiger partial charge is 0.321 e. The molecule has 2 aromatic carbocycles. The van der Waals surface area contributed by atoms with Crippen LogP contribution in [0.5, 0.6) is 0 Å². The molecule has 0 saturated carbocycles.